The highest BCUT2D eigenvalue weighted by molar-refractivity contribution is 6.31. The van der Waals surface area contributed by atoms with Gasteiger partial charge in [0.25, 0.3) is 0 Å². The quantitative estimate of drug-likeness (QED) is 0.762. The minimum atomic E-state index is 0.192. The van der Waals surface area contributed by atoms with Crippen LogP contribution >= 0.6 is 11.6 Å². The second-order valence-corrected chi connectivity index (χ2v) is 5.51. The van der Waals surface area contributed by atoms with Crippen molar-refractivity contribution in [1.82, 2.24) is 15.1 Å². The van der Waals surface area contributed by atoms with E-state index in [0.29, 0.717) is 0 Å². The number of nitrogens with one attached hydrogen (secondary N) is 1. The van der Waals surface area contributed by atoms with E-state index in [1.54, 1.807) is 7.11 Å². The van der Waals surface area contributed by atoms with E-state index in [4.69, 9.17) is 16.3 Å². The van der Waals surface area contributed by atoms with Gasteiger partial charge in [-0.05, 0) is 25.8 Å². The molecular weight excluding hydrogens is 274 g/mol. The molecular formula is C15H28ClN3O. The van der Waals surface area contributed by atoms with Crippen LogP contribution in [-0.4, -0.2) is 35.6 Å². The van der Waals surface area contributed by atoms with Crippen molar-refractivity contribution in [1.29, 1.82) is 0 Å². The molecule has 0 aliphatic heterocycles. The van der Waals surface area contributed by atoms with Crippen LogP contribution in [0.1, 0.15) is 45.0 Å². The van der Waals surface area contributed by atoms with Gasteiger partial charge in [0.15, 0.2) is 0 Å². The van der Waals surface area contributed by atoms with Crippen LogP contribution in [0.3, 0.4) is 0 Å². The molecule has 5 heteroatoms. The molecule has 1 aromatic rings. The molecule has 1 rings (SSSR count). The fourth-order valence-corrected chi connectivity index (χ4v) is 2.90. The zero-order chi connectivity index (χ0) is 15.1. The number of hydrogen-bond acceptors (Lipinski definition) is 3. The van der Waals surface area contributed by atoms with Crippen LogP contribution in [0, 0.1) is 0 Å². The van der Waals surface area contributed by atoms with E-state index in [2.05, 4.69) is 31.2 Å². The number of nitrogens with zero attached hydrogens (tertiary/aromatic N) is 2. The van der Waals surface area contributed by atoms with E-state index >= 15 is 0 Å². The van der Waals surface area contributed by atoms with Gasteiger partial charge in [0, 0.05) is 26.6 Å². The van der Waals surface area contributed by atoms with Crippen LogP contribution in [-0.2, 0) is 24.6 Å². The SMILES string of the molecule is CCCNC(Cc1c(Cl)c(CC)nn1C)C(CC)OC. The van der Waals surface area contributed by atoms with Gasteiger partial charge < -0.3 is 10.1 Å². The largest absolute Gasteiger partial charge is 0.380 e. The summed E-state index contributed by atoms with van der Waals surface area (Å²) < 4.78 is 7.52. The number of methoxy groups -OCH3 is 1. The van der Waals surface area contributed by atoms with Gasteiger partial charge in [0.1, 0.15) is 0 Å². The normalized spacial score (nSPS) is 14.5. The molecule has 2 atom stereocenters. The van der Waals surface area contributed by atoms with Gasteiger partial charge in [0.05, 0.1) is 22.5 Å². The molecule has 4 nitrogen and oxygen atoms in total. The minimum absolute atomic E-state index is 0.192. The number of halogens is 1. The van der Waals surface area contributed by atoms with Crippen LogP contribution in [0.25, 0.3) is 0 Å². The second kappa shape index (κ2) is 8.65. The van der Waals surface area contributed by atoms with Gasteiger partial charge in [-0.25, -0.2) is 0 Å². The fraction of sp³-hybridized carbons (Fsp3) is 0.800. The van der Waals surface area contributed by atoms with E-state index in [-0.39, 0.29) is 12.1 Å². The van der Waals surface area contributed by atoms with Gasteiger partial charge in [-0.1, -0.05) is 32.4 Å². The number of aryl methyl sites for hydroxylation is 2. The Morgan fingerprint density at radius 1 is 1.35 bits per heavy atom. The molecule has 0 spiro atoms. The molecule has 0 amide bonds. The lowest BCUT2D eigenvalue weighted by molar-refractivity contribution is 0.0648. The lowest BCUT2D eigenvalue weighted by Gasteiger charge is -2.26. The first-order chi connectivity index (χ1) is 9.58. The molecule has 0 aliphatic carbocycles. The maximum atomic E-state index is 6.45. The standard InChI is InChI=1S/C15H28ClN3O/c1-6-9-17-12(14(8-3)20-5)10-13-15(16)11(7-2)18-19(13)4/h12,14,17H,6-10H2,1-5H3. The van der Waals surface area contributed by atoms with Gasteiger partial charge in [-0.15, -0.1) is 0 Å². The summed E-state index contributed by atoms with van der Waals surface area (Å²) in [6.07, 6.45) is 3.98. The van der Waals surface area contributed by atoms with Crippen molar-refractivity contribution in [2.45, 2.75) is 58.6 Å². The molecule has 1 N–H and O–H groups in total. The van der Waals surface area contributed by atoms with Crippen molar-refractivity contribution < 1.29 is 4.74 Å². The zero-order valence-electron chi connectivity index (χ0n) is 13.4. The van der Waals surface area contributed by atoms with E-state index in [1.165, 1.54) is 0 Å². The second-order valence-electron chi connectivity index (χ2n) is 5.13. The van der Waals surface area contributed by atoms with E-state index in [9.17, 15) is 0 Å². The van der Waals surface area contributed by atoms with Crippen molar-refractivity contribution in [2.75, 3.05) is 13.7 Å². The lowest BCUT2D eigenvalue weighted by atomic mass is 10.0. The maximum absolute atomic E-state index is 6.45. The molecule has 0 fully saturated rings. The molecule has 0 saturated heterocycles. The number of aromatic nitrogens is 2. The molecule has 0 radical (unpaired) electrons. The first-order valence-corrected chi connectivity index (χ1v) is 7.93. The number of ether oxygens (including phenoxy) is 1. The average molecular weight is 302 g/mol. The van der Waals surface area contributed by atoms with Crippen molar-refractivity contribution in [2.24, 2.45) is 7.05 Å². The Kier molecular flexibility index (Phi) is 7.56. The highest BCUT2D eigenvalue weighted by Crippen LogP contribution is 2.23. The van der Waals surface area contributed by atoms with Crippen LogP contribution in [0.4, 0.5) is 0 Å². The Balaban J connectivity index is 2.91. The third-order valence-electron chi connectivity index (χ3n) is 3.73. The lowest BCUT2D eigenvalue weighted by Crippen LogP contribution is -2.43. The summed E-state index contributed by atoms with van der Waals surface area (Å²) in [7, 11) is 3.74. The summed E-state index contributed by atoms with van der Waals surface area (Å²) in [6, 6.07) is 0.266. The van der Waals surface area contributed by atoms with E-state index in [1.807, 2.05) is 11.7 Å². The summed E-state index contributed by atoms with van der Waals surface area (Å²) in [6.45, 7) is 7.39. The summed E-state index contributed by atoms with van der Waals surface area (Å²) in [4.78, 5) is 0. The highest BCUT2D eigenvalue weighted by atomic mass is 35.5. The molecule has 1 aromatic heterocycles. The monoisotopic (exact) mass is 301 g/mol. The van der Waals surface area contributed by atoms with Gasteiger partial charge in [-0.3, -0.25) is 4.68 Å². The van der Waals surface area contributed by atoms with Crippen molar-refractivity contribution in [3.8, 4) is 0 Å². The molecule has 2 unspecified atom stereocenters. The summed E-state index contributed by atoms with van der Waals surface area (Å²) in [5.74, 6) is 0. The van der Waals surface area contributed by atoms with Crippen molar-refractivity contribution in [3.63, 3.8) is 0 Å². The number of hydrogen-bond donors (Lipinski definition) is 1. The molecule has 0 aromatic carbocycles. The molecule has 0 bridgehead atoms. The highest BCUT2D eigenvalue weighted by Gasteiger charge is 2.23. The van der Waals surface area contributed by atoms with Crippen LogP contribution in [0.2, 0.25) is 5.02 Å². The summed E-state index contributed by atoms with van der Waals surface area (Å²) >= 11 is 6.45. The predicted molar refractivity (Wildman–Crippen MR) is 84.5 cm³/mol. The molecule has 116 valence electrons. The van der Waals surface area contributed by atoms with Gasteiger partial charge in [-0.2, -0.15) is 5.10 Å². The average Bonchev–Trinajstić information content (AvgIpc) is 2.72. The van der Waals surface area contributed by atoms with Crippen molar-refractivity contribution in [3.05, 3.63) is 16.4 Å². The molecule has 20 heavy (non-hydrogen) atoms. The zero-order valence-corrected chi connectivity index (χ0v) is 14.1. The van der Waals surface area contributed by atoms with E-state index < -0.39 is 0 Å². The van der Waals surface area contributed by atoms with Crippen LogP contribution in [0.5, 0.6) is 0 Å². The first-order valence-electron chi connectivity index (χ1n) is 7.55. The third kappa shape index (κ3) is 4.21. The summed E-state index contributed by atoms with van der Waals surface area (Å²) in [5.41, 5.74) is 2.07. The summed E-state index contributed by atoms with van der Waals surface area (Å²) in [5, 5.41) is 8.88. The van der Waals surface area contributed by atoms with Crippen molar-refractivity contribution >= 4 is 11.6 Å². The molecule has 1 heterocycles. The van der Waals surface area contributed by atoms with E-state index in [0.717, 1.165) is 48.6 Å². The van der Waals surface area contributed by atoms with Gasteiger partial charge in [0.2, 0.25) is 0 Å². The Labute approximate surface area is 127 Å². The predicted octanol–water partition coefficient (Wildman–Crippen LogP) is 2.97. The number of rotatable bonds is 9. The Morgan fingerprint density at radius 3 is 2.50 bits per heavy atom. The van der Waals surface area contributed by atoms with Crippen LogP contribution < -0.4 is 5.32 Å². The van der Waals surface area contributed by atoms with Crippen LogP contribution in [0.15, 0.2) is 0 Å². The Morgan fingerprint density at radius 2 is 2.05 bits per heavy atom. The Bertz CT molecular complexity index is 402. The molecule has 0 aliphatic rings. The fourth-order valence-electron chi connectivity index (χ4n) is 2.53. The first kappa shape index (κ1) is 17.5. The van der Waals surface area contributed by atoms with Gasteiger partial charge >= 0.3 is 0 Å². The molecule has 0 saturated carbocycles. The minimum Gasteiger partial charge on any atom is -0.380 e. The smallest absolute Gasteiger partial charge is 0.0850 e. The third-order valence-corrected chi connectivity index (χ3v) is 4.16. The maximum Gasteiger partial charge on any atom is 0.0850 e. The topological polar surface area (TPSA) is 39.1 Å². The Hall–Kier alpha value is -0.580.